The van der Waals surface area contributed by atoms with Gasteiger partial charge in [-0.3, -0.25) is 0 Å². The number of hydrogen-bond acceptors (Lipinski definition) is 7. The van der Waals surface area contributed by atoms with Crippen LogP contribution >= 0.6 is 15.9 Å². The van der Waals surface area contributed by atoms with Gasteiger partial charge in [0.2, 0.25) is 5.95 Å². The van der Waals surface area contributed by atoms with E-state index in [4.69, 9.17) is 10.5 Å². The SMILES string of the molecule is Nc1nc(Oc2cc(F)ccc2Br)nc(-n2cncn2)n1. The summed E-state index contributed by atoms with van der Waals surface area (Å²) in [4.78, 5) is 15.6. The Bertz CT molecular complexity index is 780. The minimum Gasteiger partial charge on any atom is -0.423 e. The van der Waals surface area contributed by atoms with E-state index < -0.39 is 5.82 Å². The van der Waals surface area contributed by atoms with E-state index >= 15 is 0 Å². The van der Waals surface area contributed by atoms with Crippen LogP contribution < -0.4 is 10.5 Å². The molecule has 0 unspecified atom stereocenters. The van der Waals surface area contributed by atoms with Gasteiger partial charge in [0.15, 0.2) is 0 Å². The van der Waals surface area contributed by atoms with Gasteiger partial charge in [0.1, 0.15) is 24.2 Å². The van der Waals surface area contributed by atoms with Gasteiger partial charge in [-0.25, -0.2) is 9.37 Å². The number of ether oxygens (including phenoxy) is 1. The monoisotopic (exact) mass is 351 g/mol. The van der Waals surface area contributed by atoms with E-state index in [1.165, 1.54) is 35.5 Å². The van der Waals surface area contributed by atoms with Gasteiger partial charge in [-0.15, -0.1) is 0 Å². The Morgan fingerprint density at radius 1 is 1.24 bits per heavy atom. The Hall–Kier alpha value is -2.62. The molecule has 8 nitrogen and oxygen atoms in total. The summed E-state index contributed by atoms with van der Waals surface area (Å²) in [5.74, 6) is -0.155. The molecule has 10 heteroatoms. The van der Waals surface area contributed by atoms with Crippen LogP contribution in [0.3, 0.4) is 0 Å². The van der Waals surface area contributed by atoms with Crippen molar-refractivity contribution in [2.24, 2.45) is 0 Å². The lowest BCUT2D eigenvalue weighted by atomic mass is 10.3. The molecular formula is C11H7BrFN7O. The maximum Gasteiger partial charge on any atom is 0.328 e. The second kappa shape index (κ2) is 5.40. The number of rotatable bonds is 3. The fraction of sp³-hybridized carbons (Fsp3) is 0. The number of nitrogens with two attached hydrogens (primary N) is 1. The Labute approximate surface area is 126 Å². The molecule has 0 amide bonds. The predicted molar refractivity (Wildman–Crippen MR) is 73.3 cm³/mol. The number of hydrogen-bond donors (Lipinski definition) is 1. The summed E-state index contributed by atoms with van der Waals surface area (Å²) in [6.45, 7) is 0. The minimum atomic E-state index is -0.452. The van der Waals surface area contributed by atoms with Crippen LogP contribution in [0.1, 0.15) is 0 Å². The summed E-state index contributed by atoms with van der Waals surface area (Å²) < 4.78 is 20.5. The van der Waals surface area contributed by atoms with Gasteiger partial charge >= 0.3 is 6.01 Å². The first kappa shape index (κ1) is 13.4. The van der Waals surface area contributed by atoms with Crippen LogP contribution in [0.25, 0.3) is 5.95 Å². The van der Waals surface area contributed by atoms with E-state index in [-0.39, 0.29) is 23.7 Å². The largest absolute Gasteiger partial charge is 0.423 e. The van der Waals surface area contributed by atoms with Gasteiger partial charge < -0.3 is 10.5 Å². The third-order valence-corrected chi connectivity index (χ3v) is 2.99. The van der Waals surface area contributed by atoms with E-state index in [9.17, 15) is 4.39 Å². The zero-order valence-corrected chi connectivity index (χ0v) is 11.9. The fourth-order valence-corrected chi connectivity index (χ4v) is 1.80. The molecule has 0 aliphatic heterocycles. The van der Waals surface area contributed by atoms with Gasteiger partial charge in [0.25, 0.3) is 5.95 Å². The molecule has 1 aromatic carbocycles. The molecular weight excluding hydrogens is 345 g/mol. The van der Waals surface area contributed by atoms with Crippen molar-refractivity contribution in [3.05, 3.63) is 41.1 Å². The van der Waals surface area contributed by atoms with E-state index in [1.807, 2.05) is 0 Å². The number of nitrogen functional groups attached to an aromatic ring is 1. The van der Waals surface area contributed by atoms with Gasteiger partial charge in [0, 0.05) is 6.07 Å². The van der Waals surface area contributed by atoms with Gasteiger partial charge in [-0.1, -0.05) is 0 Å². The molecule has 21 heavy (non-hydrogen) atoms. The van der Waals surface area contributed by atoms with Crippen molar-refractivity contribution in [2.45, 2.75) is 0 Å². The molecule has 0 spiro atoms. The third kappa shape index (κ3) is 2.94. The molecule has 2 aromatic heterocycles. The maximum atomic E-state index is 13.2. The molecule has 0 aliphatic carbocycles. The molecule has 0 fully saturated rings. The summed E-state index contributed by atoms with van der Waals surface area (Å²) in [5, 5.41) is 3.88. The van der Waals surface area contributed by atoms with Crippen LogP contribution in [0.4, 0.5) is 10.3 Å². The summed E-state index contributed by atoms with van der Waals surface area (Å²) in [6.07, 6.45) is 2.72. The smallest absolute Gasteiger partial charge is 0.328 e. The molecule has 0 aliphatic rings. The van der Waals surface area contributed by atoms with Crippen molar-refractivity contribution in [3.63, 3.8) is 0 Å². The molecule has 0 saturated heterocycles. The molecule has 2 N–H and O–H groups in total. The van der Waals surface area contributed by atoms with E-state index in [2.05, 4.69) is 41.0 Å². The fourth-order valence-electron chi connectivity index (χ4n) is 1.47. The van der Waals surface area contributed by atoms with Gasteiger partial charge in [-0.2, -0.15) is 24.7 Å². The highest BCUT2D eigenvalue weighted by atomic mass is 79.9. The van der Waals surface area contributed by atoms with Crippen LogP contribution in [-0.2, 0) is 0 Å². The van der Waals surface area contributed by atoms with Crippen LogP contribution in [0.15, 0.2) is 35.3 Å². The van der Waals surface area contributed by atoms with Gasteiger partial charge in [0.05, 0.1) is 4.47 Å². The number of benzene rings is 1. The lowest BCUT2D eigenvalue weighted by Gasteiger charge is -2.07. The van der Waals surface area contributed by atoms with Crippen LogP contribution in [0.5, 0.6) is 11.8 Å². The molecule has 106 valence electrons. The van der Waals surface area contributed by atoms with E-state index in [0.29, 0.717) is 4.47 Å². The number of aromatic nitrogens is 6. The zero-order valence-electron chi connectivity index (χ0n) is 10.3. The number of halogens is 2. The average molecular weight is 352 g/mol. The predicted octanol–water partition coefficient (Wildman–Crippen LogP) is 1.73. The van der Waals surface area contributed by atoms with Crippen LogP contribution in [0.2, 0.25) is 0 Å². The third-order valence-electron chi connectivity index (χ3n) is 2.34. The van der Waals surface area contributed by atoms with Crippen molar-refractivity contribution >= 4 is 21.9 Å². The zero-order chi connectivity index (χ0) is 14.8. The van der Waals surface area contributed by atoms with Crippen molar-refractivity contribution in [1.82, 2.24) is 29.7 Å². The highest BCUT2D eigenvalue weighted by molar-refractivity contribution is 9.10. The second-order valence-electron chi connectivity index (χ2n) is 3.79. The lowest BCUT2D eigenvalue weighted by Crippen LogP contribution is -2.08. The molecule has 0 atom stereocenters. The highest BCUT2D eigenvalue weighted by Crippen LogP contribution is 2.29. The highest BCUT2D eigenvalue weighted by Gasteiger charge is 2.11. The average Bonchev–Trinajstić information content (AvgIpc) is 2.96. The van der Waals surface area contributed by atoms with Crippen molar-refractivity contribution in [1.29, 1.82) is 0 Å². The first-order valence-corrected chi connectivity index (χ1v) is 6.40. The first-order valence-electron chi connectivity index (χ1n) is 5.61. The standard InChI is InChI=1S/C11H7BrFN7O/c12-7-2-1-6(13)3-8(7)21-11-18-9(14)17-10(19-11)20-5-15-4-16-20/h1-5H,(H2,14,17,18,19). The van der Waals surface area contributed by atoms with Crippen LogP contribution in [-0.4, -0.2) is 29.7 Å². The van der Waals surface area contributed by atoms with Gasteiger partial charge in [-0.05, 0) is 28.1 Å². The number of nitrogens with zero attached hydrogens (tertiary/aromatic N) is 6. The second-order valence-corrected chi connectivity index (χ2v) is 4.65. The Kier molecular flexibility index (Phi) is 3.44. The van der Waals surface area contributed by atoms with Crippen molar-refractivity contribution in [3.8, 4) is 17.7 Å². The summed E-state index contributed by atoms with van der Waals surface area (Å²) in [7, 11) is 0. The molecule has 0 radical (unpaired) electrons. The Morgan fingerprint density at radius 3 is 2.86 bits per heavy atom. The van der Waals surface area contributed by atoms with Crippen molar-refractivity contribution < 1.29 is 9.13 Å². The summed E-state index contributed by atoms with van der Waals surface area (Å²) >= 11 is 3.24. The maximum absolute atomic E-state index is 13.2. The normalized spacial score (nSPS) is 10.6. The quantitative estimate of drug-likeness (QED) is 0.765. The van der Waals surface area contributed by atoms with Crippen molar-refractivity contribution in [2.75, 3.05) is 5.73 Å². The first-order chi connectivity index (χ1) is 10.1. The molecule has 3 rings (SSSR count). The lowest BCUT2D eigenvalue weighted by molar-refractivity contribution is 0.432. The molecule has 2 heterocycles. The molecule has 0 saturated carbocycles. The molecule has 3 aromatic rings. The molecule has 0 bridgehead atoms. The topological polar surface area (TPSA) is 105 Å². The van der Waals surface area contributed by atoms with E-state index in [1.54, 1.807) is 0 Å². The Morgan fingerprint density at radius 2 is 2.10 bits per heavy atom. The summed E-state index contributed by atoms with van der Waals surface area (Å²) in [6, 6.07) is 3.91. The number of anilines is 1. The van der Waals surface area contributed by atoms with E-state index in [0.717, 1.165) is 0 Å². The minimum absolute atomic E-state index is 0.0574. The summed E-state index contributed by atoms with van der Waals surface area (Å²) in [5.41, 5.74) is 5.60. The Balaban J connectivity index is 1.97. The van der Waals surface area contributed by atoms with Crippen LogP contribution in [0, 0.1) is 5.82 Å².